The van der Waals surface area contributed by atoms with Crippen LogP contribution in [-0.4, -0.2) is 34.8 Å². The second-order valence-corrected chi connectivity index (χ2v) is 6.34. The number of aliphatic hydroxyl groups is 1. The Bertz CT molecular complexity index is 434. The van der Waals surface area contributed by atoms with E-state index in [4.69, 9.17) is 5.73 Å². The molecule has 1 aliphatic rings. The Morgan fingerprint density at radius 1 is 1.32 bits per heavy atom. The quantitative estimate of drug-likeness (QED) is 0.848. The van der Waals surface area contributed by atoms with E-state index in [-0.39, 0.29) is 12.0 Å². The van der Waals surface area contributed by atoms with Gasteiger partial charge in [-0.3, -0.25) is 0 Å². The van der Waals surface area contributed by atoms with Crippen LogP contribution in [0.4, 0.5) is 11.6 Å². The molecule has 1 aromatic heterocycles. The topological polar surface area (TPSA) is 75.3 Å². The number of rotatable bonds is 2. The zero-order valence-electron chi connectivity index (χ0n) is 12.1. The molecule has 5 heteroatoms. The van der Waals surface area contributed by atoms with E-state index in [1.54, 1.807) is 0 Å². The number of anilines is 2. The number of nitrogens with two attached hydrogens (primary N) is 1. The first-order valence-corrected chi connectivity index (χ1v) is 6.91. The fourth-order valence-electron chi connectivity index (χ4n) is 2.29. The van der Waals surface area contributed by atoms with Crippen LogP contribution in [0.2, 0.25) is 0 Å². The summed E-state index contributed by atoms with van der Waals surface area (Å²) >= 11 is 0. The summed E-state index contributed by atoms with van der Waals surface area (Å²) in [6.45, 7) is 8.39. The maximum Gasteiger partial charge on any atom is 0.138 e. The highest BCUT2D eigenvalue weighted by molar-refractivity contribution is 5.47. The molecule has 5 nitrogen and oxygen atoms in total. The number of nitrogen functional groups attached to an aromatic ring is 1. The number of aromatic nitrogens is 2. The van der Waals surface area contributed by atoms with E-state index < -0.39 is 0 Å². The van der Waals surface area contributed by atoms with Gasteiger partial charge in [0.25, 0.3) is 0 Å². The molecule has 0 bridgehead atoms. The summed E-state index contributed by atoms with van der Waals surface area (Å²) in [5.41, 5.74) is 5.79. The summed E-state index contributed by atoms with van der Waals surface area (Å²) in [4.78, 5) is 11.2. The summed E-state index contributed by atoms with van der Waals surface area (Å²) < 4.78 is 0. The number of aliphatic hydroxyl groups excluding tert-OH is 1. The lowest BCUT2D eigenvalue weighted by Gasteiger charge is -2.32. The Morgan fingerprint density at radius 2 is 1.95 bits per heavy atom. The lowest BCUT2D eigenvalue weighted by molar-refractivity contribution is 0.202. The van der Waals surface area contributed by atoms with Crippen molar-refractivity contribution in [2.75, 3.05) is 30.3 Å². The fourth-order valence-corrected chi connectivity index (χ4v) is 2.29. The lowest BCUT2D eigenvalue weighted by Crippen LogP contribution is -2.36. The molecule has 0 spiro atoms. The molecule has 0 unspecified atom stereocenters. The van der Waals surface area contributed by atoms with Gasteiger partial charge in [-0.15, -0.1) is 0 Å². The SMILES string of the molecule is CC(C)(C)c1nc(N)cc(N2CCC(CO)CC2)n1. The summed E-state index contributed by atoms with van der Waals surface area (Å²) in [6.07, 6.45) is 2.01. The van der Waals surface area contributed by atoms with Crippen LogP contribution >= 0.6 is 0 Å². The predicted molar refractivity (Wildman–Crippen MR) is 77.2 cm³/mol. The third-order valence-electron chi connectivity index (χ3n) is 3.60. The molecule has 2 rings (SSSR count). The van der Waals surface area contributed by atoms with Crippen molar-refractivity contribution in [1.82, 2.24) is 9.97 Å². The molecule has 0 saturated carbocycles. The molecule has 1 fully saturated rings. The Hall–Kier alpha value is -1.36. The molecule has 0 amide bonds. The fraction of sp³-hybridized carbons (Fsp3) is 0.714. The van der Waals surface area contributed by atoms with Crippen molar-refractivity contribution < 1.29 is 5.11 Å². The molecule has 1 aromatic rings. The largest absolute Gasteiger partial charge is 0.396 e. The first-order chi connectivity index (χ1) is 8.90. The first kappa shape index (κ1) is 14.1. The maximum atomic E-state index is 9.18. The Morgan fingerprint density at radius 3 is 2.47 bits per heavy atom. The van der Waals surface area contributed by atoms with Gasteiger partial charge in [0.05, 0.1) is 0 Å². The van der Waals surface area contributed by atoms with Crippen molar-refractivity contribution in [1.29, 1.82) is 0 Å². The molecule has 1 saturated heterocycles. The van der Waals surface area contributed by atoms with Crippen molar-refractivity contribution in [3.8, 4) is 0 Å². The minimum atomic E-state index is -0.104. The normalized spacial score (nSPS) is 17.8. The smallest absolute Gasteiger partial charge is 0.138 e. The number of piperidine rings is 1. The minimum Gasteiger partial charge on any atom is -0.396 e. The first-order valence-electron chi connectivity index (χ1n) is 6.91. The number of hydrogen-bond acceptors (Lipinski definition) is 5. The van der Waals surface area contributed by atoms with Crippen molar-refractivity contribution >= 4 is 11.6 Å². The van der Waals surface area contributed by atoms with Gasteiger partial charge in [0.1, 0.15) is 17.5 Å². The molecule has 106 valence electrons. The Labute approximate surface area is 114 Å². The second-order valence-electron chi connectivity index (χ2n) is 6.34. The number of hydrogen-bond donors (Lipinski definition) is 2. The third kappa shape index (κ3) is 3.35. The molecular formula is C14H24N4O. The maximum absolute atomic E-state index is 9.18. The zero-order valence-corrected chi connectivity index (χ0v) is 12.1. The molecule has 0 atom stereocenters. The highest BCUT2D eigenvalue weighted by Crippen LogP contribution is 2.26. The molecule has 0 aromatic carbocycles. The van der Waals surface area contributed by atoms with E-state index in [0.717, 1.165) is 37.6 Å². The van der Waals surface area contributed by atoms with Gasteiger partial charge in [-0.2, -0.15) is 0 Å². The van der Waals surface area contributed by atoms with Crippen LogP contribution in [0.5, 0.6) is 0 Å². The molecule has 3 N–H and O–H groups in total. The second kappa shape index (κ2) is 5.33. The van der Waals surface area contributed by atoms with Gasteiger partial charge in [0.15, 0.2) is 0 Å². The van der Waals surface area contributed by atoms with E-state index in [9.17, 15) is 5.11 Å². The lowest BCUT2D eigenvalue weighted by atomic mass is 9.95. The van der Waals surface area contributed by atoms with E-state index in [2.05, 4.69) is 35.6 Å². The monoisotopic (exact) mass is 264 g/mol. The molecule has 0 aliphatic carbocycles. The van der Waals surface area contributed by atoms with Gasteiger partial charge in [0, 0.05) is 31.2 Å². The summed E-state index contributed by atoms with van der Waals surface area (Å²) in [5, 5.41) is 9.18. The van der Waals surface area contributed by atoms with Crippen LogP contribution in [-0.2, 0) is 5.41 Å². The highest BCUT2D eigenvalue weighted by Gasteiger charge is 2.23. The summed E-state index contributed by atoms with van der Waals surface area (Å²) in [6, 6.07) is 1.84. The van der Waals surface area contributed by atoms with E-state index in [1.807, 2.05) is 6.07 Å². The van der Waals surface area contributed by atoms with Crippen LogP contribution < -0.4 is 10.6 Å². The third-order valence-corrected chi connectivity index (χ3v) is 3.60. The van der Waals surface area contributed by atoms with Crippen molar-refractivity contribution in [2.24, 2.45) is 5.92 Å². The molecule has 0 radical (unpaired) electrons. The highest BCUT2D eigenvalue weighted by atomic mass is 16.3. The minimum absolute atomic E-state index is 0.104. The molecule has 1 aliphatic heterocycles. The zero-order chi connectivity index (χ0) is 14.0. The Kier molecular flexibility index (Phi) is 3.94. The average molecular weight is 264 g/mol. The van der Waals surface area contributed by atoms with Gasteiger partial charge in [-0.1, -0.05) is 20.8 Å². The number of nitrogens with zero attached hydrogens (tertiary/aromatic N) is 3. The Balaban J connectivity index is 2.19. The van der Waals surface area contributed by atoms with Gasteiger partial charge in [-0.05, 0) is 18.8 Å². The van der Waals surface area contributed by atoms with Gasteiger partial charge < -0.3 is 15.7 Å². The standard InChI is InChI=1S/C14H24N4O/c1-14(2,3)13-16-11(15)8-12(17-13)18-6-4-10(9-19)5-7-18/h8,10,19H,4-7,9H2,1-3H3,(H2,15,16,17). The van der Waals surface area contributed by atoms with Crippen molar-refractivity contribution in [3.05, 3.63) is 11.9 Å². The van der Waals surface area contributed by atoms with Crippen LogP contribution in [0.15, 0.2) is 6.07 Å². The van der Waals surface area contributed by atoms with Crippen LogP contribution in [0, 0.1) is 5.92 Å². The molecule has 2 heterocycles. The van der Waals surface area contributed by atoms with Crippen molar-refractivity contribution in [2.45, 2.75) is 39.0 Å². The summed E-state index contributed by atoms with van der Waals surface area (Å²) in [7, 11) is 0. The van der Waals surface area contributed by atoms with E-state index in [0.29, 0.717) is 11.7 Å². The van der Waals surface area contributed by atoms with E-state index in [1.165, 1.54) is 0 Å². The summed E-state index contributed by atoms with van der Waals surface area (Å²) in [5.74, 6) is 2.65. The van der Waals surface area contributed by atoms with Crippen molar-refractivity contribution in [3.63, 3.8) is 0 Å². The van der Waals surface area contributed by atoms with Gasteiger partial charge >= 0.3 is 0 Å². The van der Waals surface area contributed by atoms with Crippen LogP contribution in [0.1, 0.15) is 39.4 Å². The molecule has 19 heavy (non-hydrogen) atoms. The van der Waals surface area contributed by atoms with Gasteiger partial charge in [0.2, 0.25) is 0 Å². The van der Waals surface area contributed by atoms with E-state index >= 15 is 0 Å². The van der Waals surface area contributed by atoms with Crippen LogP contribution in [0.3, 0.4) is 0 Å². The molecular weight excluding hydrogens is 240 g/mol. The van der Waals surface area contributed by atoms with Gasteiger partial charge in [-0.25, -0.2) is 9.97 Å². The predicted octanol–water partition coefficient (Wildman–Crippen LogP) is 1.56. The average Bonchev–Trinajstić information content (AvgIpc) is 2.37. The van der Waals surface area contributed by atoms with Crippen LogP contribution in [0.25, 0.3) is 0 Å².